The lowest BCUT2D eigenvalue weighted by molar-refractivity contribution is 0.450. The Morgan fingerprint density at radius 3 is 2.50 bits per heavy atom. The van der Waals surface area contributed by atoms with Crippen molar-refractivity contribution in [1.82, 2.24) is 9.97 Å². The molecule has 6 heteroatoms. The van der Waals surface area contributed by atoms with Crippen molar-refractivity contribution < 1.29 is 13.5 Å². The summed E-state index contributed by atoms with van der Waals surface area (Å²) in [6, 6.07) is 4.49. The summed E-state index contributed by atoms with van der Waals surface area (Å²) in [5.41, 5.74) is 0. The highest BCUT2D eigenvalue weighted by atomic mass is 19.1. The monoisotopic (exact) mass is 251 g/mol. The number of hydrogen-bond acceptors (Lipinski definition) is 4. The van der Waals surface area contributed by atoms with E-state index in [0.717, 1.165) is 18.2 Å². The summed E-state index contributed by atoms with van der Waals surface area (Å²) in [6.07, 6.45) is 1.31. The molecule has 0 fully saturated rings. The smallest absolute Gasteiger partial charge is 0.224 e. The van der Waals surface area contributed by atoms with Crippen molar-refractivity contribution in [2.75, 3.05) is 11.9 Å². The first kappa shape index (κ1) is 12.2. The number of nitrogens with zero attached hydrogens (tertiary/aromatic N) is 2. The van der Waals surface area contributed by atoms with E-state index in [0.29, 0.717) is 12.4 Å². The first-order valence-corrected chi connectivity index (χ1v) is 5.37. The van der Waals surface area contributed by atoms with Gasteiger partial charge in [-0.15, -0.1) is 0 Å². The topological polar surface area (TPSA) is 47.0 Å². The number of ether oxygens (including phenoxy) is 1. The quantitative estimate of drug-likeness (QED) is 0.907. The molecule has 0 radical (unpaired) electrons. The first-order valence-electron chi connectivity index (χ1n) is 5.37. The van der Waals surface area contributed by atoms with Crippen LogP contribution in [0.25, 0.3) is 0 Å². The number of nitrogens with one attached hydrogen (secondary N) is 1. The zero-order valence-electron chi connectivity index (χ0n) is 9.65. The standard InChI is InChI=1S/C12H11F2N3O/c1-2-15-11-6-12(17-7-16-11)18-10-4-8(13)3-9(14)5-10/h3-7H,2H2,1H3,(H,15,16,17). The van der Waals surface area contributed by atoms with Crippen molar-refractivity contribution in [2.45, 2.75) is 6.92 Å². The van der Waals surface area contributed by atoms with Crippen molar-refractivity contribution >= 4 is 5.82 Å². The third-order valence-electron chi connectivity index (χ3n) is 2.06. The van der Waals surface area contributed by atoms with Crippen LogP contribution in [0.2, 0.25) is 0 Å². The van der Waals surface area contributed by atoms with E-state index in [4.69, 9.17) is 4.74 Å². The number of halogens is 2. The van der Waals surface area contributed by atoms with E-state index in [1.165, 1.54) is 6.33 Å². The van der Waals surface area contributed by atoms with E-state index in [2.05, 4.69) is 15.3 Å². The number of hydrogen-bond donors (Lipinski definition) is 1. The third kappa shape index (κ3) is 3.13. The van der Waals surface area contributed by atoms with E-state index in [9.17, 15) is 8.78 Å². The van der Waals surface area contributed by atoms with Gasteiger partial charge in [0.05, 0.1) is 0 Å². The fourth-order valence-corrected chi connectivity index (χ4v) is 1.38. The Bertz CT molecular complexity index is 528. The molecule has 1 N–H and O–H groups in total. The predicted molar refractivity (Wildman–Crippen MR) is 62.6 cm³/mol. The zero-order valence-corrected chi connectivity index (χ0v) is 9.65. The van der Waals surface area contributed by atoms with Gasteiger partial charge in [0.15, 0.2) is 0 Å². The molecule has 2 aromatic rings. The molecule has 0 unspecified atom stereocenters. The van der Waals surface area contributed by atoms with Gasteiger partial charge >= 0.3 is 0 Å². The molecule has 1 aromatic heterocycles. The maximum Gasteiger partial charge on any atom is 0.224 e. The van der Waals surface area contributed by atoms with Crippen LogP contribution in [0.1, 0.15) is 6.92 Å². The molecule has 0 saturated heterocycles. The lowest BCUT2D eigenvalue weighted by Crippen LogP contribution is -2.00. The Labute approximate surface area is 103 Å². The minimum absolute atomic E-state index is 0.0497. The molecule has 0 atom stereocenters. The molecule has 4 nitrogen and oxygen atoms in total. The minimum Gasteiger partial charge on any atom is -0.439 e. The lowest BCUT2D eigenvalue weighted by atomic mass is 10.3. The Balaban J connectivity index is 2.20. The summed E-state index contributed by atoms with van der Waals surface area (Å²) >= 11 is 0. The largest absolute Gasteiger partial charge is 0.439 e. The molecule has 0 amide bonds. The Morgan fingerprint density at radius 1 is 1.11 bits per heavy atom. The van der Waals surface area contributed by atoms with Gasteiger partial charge in [-0.25, -0.2) is 18.7 Å². The molecular formula is C12H11F2N3O. The summed E-state index contributed by atoms with van der Waals surface area (Å²) in [5.74, 6) is -0.559. The number of benzene rings is 1. The lowest BCUT2D eigenvalue weighted by Gasteiger charge is -2.06. The van der Waals surface area contributed by atoms with Crippen LogP contribution in [0.5, 0.6) is 11.6 Å². The fraction of sp³-hybridized carbons (Fsp3) is 0.167. The van der Waals surface area contributed by atoms with E-state index in [-0.39, 0.29) is 11.6 Å². The molecule has 2 rings (SSSR count). The molecule has 0 saturated carbocycles. The minimum atomic E-state index is -0.703. The zero-order chi connectivity index (χ0) is 13.0. The Hall–Kier alpha value is -2.24. The summed E-state index contributed by atoms with van der Waals surface area (Å²) in [6.45, 7) is 2.62. The van der Waals surface area contributed by atoms with E-state index >= 15 is 0 Å². The molecule has 0 aliphatic heterocycles. The number of rotatable bonds is 4. The summed E-state index contributed by atoms with van der Waals surface area (Å²) in [4.78, 5) is 7.81. The third-order valence-corrected chi connectivity index (χ3v) is 2.06. The van der Waals surface area contributed by atoms with Gasteiger partial charge in [-0.3, -0.25) is 0 Å². The second kappa shape index (κ2) is 5.39. The van der Waals surface area contributed by atoms with Crippen LogP contribution in [0.3, 0.4) is 0 Å². The maximum absolute atomic E-state index is 13.0. The Morgan fingerprint density at radius 2 is 1.83 bits per heavy atom. The van der Waals surface area contributed by atoms with Gasteiger partial charge in [-0.1, -0.05) is 0 Å². The SMILES string of the molecule is CCNc1cc(Oc2cc(F)cc(F)c2)ncn1. The average Bonchev–Trinajstić information content (AvgIpc) is 2.28. The summed E-state index contributed by atoms with van der Waals surface area (Å²) < 4.78 is 31.2. The number of aromatic nitrogens is 2. The molecular weight excluding hydrogens is 240 g/mol. The van der Waals surface area contributed by atoms with Gasteiger partial charge in [0.1, 0.15) is 29.5 Å². The van der Waals surface area contributed by atoms with Crippen LogP contribution in [0.15, 0.2) is 30.6 Å². The van der Waals surface area contributed by atoms with E-state index < -0.39 is 11.6 Å². The fourth-order valence-electron chi connectivity index (χ4n) is 1.38. The van der Waals surface area contributed by atoms with Crippen molar-refractivity contribution in [3.05, 3.63) is 42.2 Å². The van der Waals surface area contributed by atoms with Crippen LogP contribution in [-0.2, 0) is 0 Å². The molecule has 1 aromatic carbocycles. The van der Waals surface area contributed by atoms with Crippen molar-refractivity contribution in [3.8, 4) is 11.6 Å². The van der Waals surface area contributed by atoms with Crippen LogP contribution in [-0.4, -0.2) is 16.5 Å². The highest BCUT2D eigenvalue weighted by molar-refractivity contribution is 5.38. The van der Waals surface area contributed by atoms with E-state index in [1.807, 2.05) is 6.92 Å². The highest BCUT2D eigenvalue weighted by Gasteiger charge is 2.04. The normalized spacial score (nSPS) is 10.2. The van der Waals surface area contributed by atoms with Gasteiger partial charge in [-0.05, 0) is 6.92 Å². The average molecular weight is 251 g/mol. The molecule has 0 bridgehead atoms. The second-order valence-electron chi connectivity index (χ2n) is 3.48. The number of anilines is 1. The van der Waals surface area contributed by atoms with E-state index in [1.54, 1.807) is 6.07 Å². The van der Waals surface area contributed by atoms with Gasteiger partial charge < -0.3 is 10.1 Å². The molecule has 0 aliphatic rings. The van der Waals surface area contributed by atoms with Gasteiger partial charge in [-0.2, -0.15) is 0 Å². The van der Waals surface area contributed by atoms with Crippen LogP contribution in [0, 0.1) is 11.6 Å². The molecule has 94 valence electrons. The van der Waals surface area contributed by atoms with Crippen molar-refractivity contribution in [1.29, 1.82) is 0 Å². The van der Waals surface area contributed by atoms with Crippen molar-refractivity contribution in [2.24, 2.45) is 0 Å². The molecule has 1 heterocycles. The molecule has 18 heavy (non-hydrogen) atoms. The van der Waals surface area contributed by atoms with Gasteiger partial charge in [0, 0.05) is 30.8 Å². The maximum atomic E-state index is 13.0. The first-order chi connectivity index (χ1) is 8.67. The van der Waals surface area contributed by atoms with Gasteiger partial charge in [0.2, 0.25) is 5.88 Å². The van der Waals surface area contributed by atoms with Gasteiger partial charge in [0.25, 0.3) is 0 Å². The molecule has 0 spiro atoms. The van der Waals surface area contributed by atoms with Crippen LogP contribution in [0.4, 0.5) is 14.6 Å². The Kier molecular flexibility index (Phi) is 3.66. The highest BCUT2D eigenvalue weighted by Crippen LogP contribution is 2.22. The van der Waals surface area contributed by atoms with Crippen LogP contribution >= 0.6 is 0 Å². The second-order valence-corrected chi connectivity index (χ2v) is 3.48. The molecule has 0 aliphatic carbocycles. The summed E-state index contributed by atoms with van der Waals surface area (Å²) in [5, 5.41) is 2.98. The predicted octanol–water partition coefficient (Wildman–Crippen LogP) is 2.98. The summed E-state index contributed by atoms with van der Waals surface area (Å²) in [7, 11) is 0. The van der Waals surface area contributed by atoms with Crippen molar-refractivity contribution in [3.63, 3.8) is 0 Å². The van der Waals surface area contributed by atoms with Crippen LogP contribution < -0.4 is 10.1 Å².